The van der Waals surface area contributed by atoms with Crippen LogP contribution in [0.4, 0.5) is 0 Å². The van der Waals surface area contributed by atoms with E-state index in [9.17, 15) is 4.79 Å². The molecule has 0 aliphatic rings. The van der Waals surface area contributed by atoms with Crippen LogP contribution in [0.15, 0.2) is 0 Å². The van der Waals surface area contributed by atoms with Crippen LogP contribution in [0, 0.1) is 0 Å². The van der Waals surface area contributed by atoms with Gasteiger partial charge in [-0.2, -0.15) is 12.6 Å². The Hall–Kier alpha value is 0.0700. The molecule has 60 valence electrons. The van der Waals surface area contributed by atoms with Crippen molar-refractivity contribution in [2.24, 2.45) is 0 Å². The summed E-state index contributed by atoms with van der Waals surface area (Å²) >= 11 is 9.31. The molecule has 0 saturated carbocycles. The van der Waals surface area contributed by atoms with Crippen molar-refractivity contribution in [3.63, 3.8) is 0 Å². The molecule has 0 saturated heterocycles. The van der Waals surface area contributed by atoms with Crippen LogP contribution in [0.2, 0.25) is 0 Å². The number of alkyl halides is 1. The Morgan fingerprint density at radius 2 is 2.40 bits per heavy atom. The highest BCUT2D eigenvalue weighted by atomic mass is 35.5. The van der Waals surface area contributed by atoms with Gasteiger partial charge in [0.05, 0.1) is 5.50 Å². The zero-order valence-corrected chi connectivity index (χ0v) is 7.19. The summed E-state index contributed by atoms with van der Waals surface area (Å²) in [5.41, 5.74) is -0.340. The average Bonchev–Trinajstić information content (AvgIpc) is 1.81. The maximum atomic E-state index is 10.3. The Labute approximate surface area is 70.2 Å². The molecule has 5 heteroatoms. The van der Waals surface area contributed by atoms with Crippen LogP contribution in [0.3, 0.4) is 0 Å². The normalized spacial score (nSPS) is 16.3. The molecule has 0 aromatic heterocycles. The second-order valence-electron chi connectivity index (χ2n) is 1.86. The number of hydrogen-bond acceptors (Lipinski definition) is 3. The summed E-state index contributed by atoms with van der Waals surface area (Å²) in [6, 6.07) is -0.657. The lowest BCUT2D eigenvalue weighted by molar-refractivity contribution is -0.138. The standard InChI is InChI=1S/C5H10ClNO2S/c1-3(6)7-4(2-10)5(8)9/h3-4,7,10H,2H2,1H3,(H,8,9). The molecule has 0 aromatic rings. The summed E-state index contributed by atoms with van der Waals surface area (Å²) < 4.78 is 0. The van der Waals surface area contributed by atoms with E-state index < -0.39 is 12.0 Å². The monoisotopic (exact) mass is 183 g/mol. The molecule has 2 N–H and O–H groups in total. The summed E-state index contributed by atoms with van der Waals surface area (Å²) in [6.45, 7) is 1.67. The van der Waals surface area contributed by atoms with Crippen molar-refractivity contribution in [2.75, 3.05) is 5.75 Å². The van der Waals surface area contributed by atoms with Crippen molar-refractivity contribution in [1.29, 1.82) is 0 Å². The summed E-state index contributed by atoms with van der Waals surface area (Å²) in [6.07, 6.45) is 0. The van der Waals surface area contributed by atoms with Gasteiger partial charge < -0.3 is 5.11 Å². The predicted octanol–water partition coefficient (Wildman–Crippen LogP) is 0.544. The van der Waals surface area contributed by atoms with Crippen LogP contribution < -0.4 is 5.32 Å². The van der Waals surface area contributed by atoms with Crippen LogP contribution >= 0.6 is 24.2 Å². The molecule has 0 fully saturated rings. The van der Waals surface area contributed by atoms with Crippen LogP contribution in [0.25, 0.3) is 0 Å². The SMILES string of the molecule is CC(Cl)NC(CS)C(=O)O. The lowest BCUT2D eigenvalue weighted by atomic mass is 10.3. The minimum atomic E-state index is -0.928. The average molecular weight is 184 g/mol. The van der Waals surface area contributed by atoms with E-state index >= 15 is 0 Å². The minimum absolute atomic E-state index is 0.242. The fraction of sp³-hybridized carbons (Fsp3) is 0.800. The highest BCUT2D eigenvalue weighted by molar-refractivity contribution is 7.80. The van der Waals surface area contributed by atoms with Crippen molar-refractivity contribution in [1.82, 2.24) is 5.32 Å². The number of thiol groups is 1. The Morgan fingerprint density at radius 3 is 2.50 bits per heavy atom. The highest BCUT2D eigenvalue weighted by Crippen LogP contribution is 1.94. The first-order chi connectivity index (χ1) is 4.57. The van der Waals surface area contributed by atoms with E-state index in [1.807, 2.05) is 0 Å². The van der Waals surface area contributed by atoms with Crippen molar-refractivity contribution in [3.05, 3.63) is 0 Å². The Bertz CT molecular complexity index is 120. The van der Waals surface area contributed by atoms with Crippen LogP contribution in [0.5, 0.6) is 0 Å². The molecular weight excluding hydrogens is 174 g/mol. The molecule has 10 heavy (non-hydrogen) atoms. The van der Waals surface area contributed by atoms with E-state index in [4.69, 9.17) is 16.7 Å². The van der Waals surface area contributed by atoms with Crippen molar-refractivity contribution >= 4 is 30.2 Å². The highest BCUT2D eigenvalue weighted by Gasteiger charge is 2.15. The third-order valence-electron chi connectivity index (χ3n) is 0.912. The van der Waals surface area contributed by atoms with Gasteiger partial charge in [0.25, 0.3) is 0 Å². The van der Waals surface area contributed by atoms with Gasteiger partial charge in [-0.1, -0.05) is 0 Å². The van der Waals surface area contributed by atoms with Gasteiger partial charge in [0, 0.05) is 5.75 Å². The maximum Gasteiger partial charge on any atom is 0.321 e. The smallest absolute Gasteiger partial charge is 0.321 e. The van der Waals surface area contributed by atoms with Gasteiger partial charge in [-0.05, 0) is 6.92 Å². The van der Waals surface area contributed by atoms with Crippen molar-refractivity contribution in [3.8, 4) is 0 Å². The number of hydrogen-bond donors (Lipinski definition) is 3. The molecule has 0 aliphatic heterocycles. The Morgan fingerprint density at radius 1 is 1.90 bits per heavy atom. The molecule has 0 rings (SSSR count). The van der Waals surface area contributed by atoms with E-state index in [2.05, 4.69) is 17.9 Å². The second-order valence-corrected chi connectivity index (χ2v) is 2.88. The summed E-state index contributed by atoms with van der Waals surface area (Å²) in [5.74, 6) is -0.686. The molecule has 0 heterocycles. The molecule has 0 amide bonds. The number of carboxylic acid groups (broad SMARTS) is 1. The summed E-state index contributed by atoms with van der Waals surface area (Å²) in [4.78, 5) is 10.3. The zero-order chi connectivity index (χ0) is 8.15. The van der Waals surface area contributed by atoms with E-state index in [0.717, 1.165) is 0 Å². The van der Waals surface area contributed by atoms with E-state index in [-0.39, 0.29) is 11.3 Å². The molecular formula is C5H10ClNO2S. The number of nitrogens with one attached hydrogen (secondary N) is 1. The molecule has 3 nitrogen and oxygen atoms in total. The summed E-state index contributed by atoms with van der Waals surface area (Å²) in [5, 5.41) is 11.1. The maximum absolute atomic E-state index is 10.3. The van der Waals surface area contributed by atoms with Crippen LogP contribution in [-0.2, 0) is 4.79 Å². The number of carbonyl (C=O) groups is 1. The third kappa shape index (κ3) is 3.98. The Kier molecular flexibility index (Phi) is 4.85. The quantitative estimate of drug-likeness (QED) is 0.339. The van der Waals surface area contributed by atoms with Crippen molar-refractivity contribution in [2.45, 2.75) is 18.5 Å². The molecule has 0 aromatic carbocycles. The molecule has 0 bridgehead atoms. The van der Waals surface area contributed by atoms with Gasteiger partial charge in [0.2, 0.25) is 0 Å². The number of halogens is 1. The zero-order valence-electron chi connectivity index (χ0n) is 5.54. The number of carboxylic acids is 1. The topological polar surface area (TPSA) is 49.3 Å². The van der Waals surface area contributed by atoms with E-state index in [1.165, 1.54) is 0 Å². The molecule has 0 aliphatic carbocycles. The number of aliphatic carboxylic acids is 1. The van der Waals surface area contributed by atoms with Gasteiger partial charge in [-0.25, -0.2) is 0 Å². The first-order valence-electron chi connectivity index (χ1n) is 2.81. The van der Waals surface area contributed by atoms with Gasteiger partial charge in [0.1, 0.15) is 6.04 Å². The van der Waals surface area contributed by atoms with E-state index in [1.54, 1.807) is 6.92 Å². The molecule has 0 radical (unpaired) electrons. The van der Waals surface area contributed by atoms with Crippen LogP contribution in [-0.4, -0.2) is 28.4 Å². The fourth-order valence-electron chi connectivity index (χ4n) is 0.479. The second kappa shape index (κ2) is 4.82. The molecule has 2 unspecified atom stereocenters. The van der Waals surface area contributed by atoms with E-state index in [0.29, 0.717) is 0 Å². The van der Waals surface area contributed by atoms with Crippen molar-refractivity contribution < 1.29 is 9.90 Å². The number of rotatable bonds is 4. The predicted molar refractivity (Wildman–Crippen MR) is 43.7 cm³/mol. The first-order valence-corrected chi connectivity index (χ1v) is 3.88. The fourth-order valence-corrected chi connectivity index (χ4v) is 0.893. The largest absolute Gasteiger partial charge is 0.480 e. The minimum Gasteiger partial charge on any atom is -0.480 e. The molecule has 2 atom stereocenters. The van der Waals surface area contributed by atoms with Gasteiger partial charge in [-0.3, -0.25) is 10.1 Å². The van der Waals surface area contributed by atoms with Crippen LogP contribution in [0.1, 0.15) is 6.92 Å². The molecule has 0 spiro atoms. The first kappa shape index (κ1) is 10.1. The van der Waals surface area contributed by atoms with Gasteiger partial charge >= 0.3 is 5.97 Å². The summed E-state index contributed by atoms with van der Waals surface area (Å²) in [7, 11) is 0. The lowest BCUT2D eigenvalue weighted by Gasteiger charge is -2.12. The third-order valence-corrected chi connectivity index (χ3v) is 1.40. The Balaban J connectivity index is 3.72. The van der Waals surface area contributed by atoms with Gasteiger partial charge in [-0.15, -0.1) is 11.6 Å². The van der Waals surface area contributed by atoms with Gasteiger partial charge in [0.15, 0.2) is 0 Å². The lowest BCUT2D eigenvalue weighted by Crippen LogP contribution is -2.41.